The fraction of sp³-hybridized carbons (Fsp3) is 0.667. The van der Waals surface area contributed by atoms with Gasteiger partial charge in [0.2, 0.25) is 0 Å². The Morgan fingerprint density at radius 1 is 1.67 bits per heavy atom. The van der Waals surface area contributed by atoms with Crippen molar-refractivity contribution in [1.29, 1.82) is 0 Å². The van der Waals surface area contributed by atoms with Crippen molar-refractivity contribution in [3.8, 4) is 0 Å². The highest BCUT2D eigenvalue weighted by Crippen LogP contribution is 2.28. The van der Waals surface area contributed by atoms with E-state index >= 15 is 0 Å². The van der Waals surface area contributed by atoms with Crippen LogP contribution in [0.4, 0.5) is 0 Å². The molecule has 0 aromatic carbocycles. The monoisotopic (exact) mass is 276 g/mol. The number of hydrogen-bond donors (Lipinski definition) is 0. The molecule has 0 radical (unpaired) electrons. The highest BCUT2D eigenvalue weighted by molar-refractivity contribution is 14.1. The van der Waals surface area contributed by atoms with E-state index in [1.54, 1.807) is 0 Å². The Hall–Kier alpha value is -0.0600. The molecule has 3 heteroatoms. The molecule has 1 saturated carbocycles. The van der Waals surface area contributed by atoms with Crippen LogP contribution in [0, 0.1) is 16.5 Å². The van der Waals surface area contributed by atoms with Crippen molar-refractivity contribution in [3.05, 3.63) is 15.7 Å². The van der Waals surface area contributed by atoms with Gasteiger partial charge in [0.25, 0.3) is 0 Å². The van der Waals surface area contributed by atoms with Crippen LogP contribution >= 0.6 is 22.6 Å². The van der Waals surface area contributed by atoms with Crippen molar-refractivity contribution < 1.29 is 0 Å². The third-order valence-electron chi connectivity index (χ3n) is 2.72. The van der Waals surface area contributed by atoms with Crippen LogP contribution in [0.5, 0.6) is 0 Å². The van der Waals surface area contributed by atoms with E-state index in [1.165, 1.54) is 31.5 Å². The molecule has 1 aromatic rings. The summed E-state index contributed by atoms with van der Waals surface area (Å²) in [5.41, 5.74) is 1.32. The first-order valence-corrected chi connectivity index (χ1v) is 5.52. The summed E-state index contributed by atoms with van der Waals surface area (Å²) in [6.07, 6.45) is 6.22. The molecule has 1 aromatic heterocycles. The molecule has 2 rings (SSSR count). The lowest BCUT2D eigenvalue weighted by atomic mass is 9.85. The van der Waals surface area contributed by atoms with Crippen LogP contribution < -0.4 is 0 Å². The lowest BCUT2D eigenvalue weighted by Crippen LogP contribution is -2.18. The Bertz CT molecular complexity index is 276. The number of rotatable bonds is 2. The Balaban J connectivity index is 2.06. The zero-order valence-electron chi connectivity index (χ0n) is 7.26. The molecule has 0 saturated heterocycles. The molecule has 1 heterocycles. The van der Waals surface area contributed by atoms with E-state index in [1.807, 2.05) is 6.33 Å². The summed E-state index contributed by atoms with van der Waals surface area (Å²) in [6, 6.07) is 0. The van der Waals surface area contributed by atoms with E-state index in [4.69, 9.17) is 0 Å². The second kappa shape index (κ2) is 3.36. The second-order valence-electron chi connectivity index (χ2n) is 3.57. The van der Waals surface area contributed by atoms with Crippen LogP contribution in [-0.2, 0) is 6.54 Å². The molecule has 1 aliphatic carbocycles. The Morgan fingerprint density at radius 2 is 2.42 bits per heavy atom. The highest BCUT2D eigenvalue weighted by Gasteiger charge is 2.18. The summed E-state index contributed by atoms with van der Waals surface area (Å²) in [6.45, 7) is 3.33. The third-order valence-corrected chi connectivity index (χ3v) is 3.78. The van der Waals surface area contributed by atoms with Crippen LogP contribution in [0.2, 0.25) is 0 Å². The van der Waals surface area contributed by atoms with Gasteiger partial charge in [-0.05, 0) is 48.3 Å². The molecule has 0 unspecified atom stereocenters. The third kappa shape index (κ3) is 1.51. The lowest BCUT2D eigenvalue weighted by Gasteiger charge is -2.25. The number of hydrogen-bond acceptors (Lipinski definition) is 1. The molecule has 0 amide bonds. The first-order valence-electron chi connectivity index (χ1n) is 4.44. The summed E-state index contributed by atoms with van der Waals surface area (Å²) < 4.78 is 3.43. The molecule has 0 atom stereocenters. The molecule has 0 N–H and O–H groups in total. The van der Waals surface area contributed by atoms with Gasteiger partial charge in [-0.15, -0.1) is 0 Å². The van der Waals surface area contributed by atoms with E-state index < -0.39 is 0 Å². The first kappa shape index (κ1) is 8.53. The molecule has 1 aliphatic rings. The molecule has 0 aliphatic heterocycles. The molecular weight excluding hydrogens is 263 g/mol. The summed E-state index contributed by atoms with van der Waals surface area (Å²) in [5.74, 6) is 0.925. The maximum atomic E-state index is 4.28. The molecule has 2 nitrogen and oxygen atoms in total. The minimum Gasteiger partial charge on any atom is -0.334 e. The van der Waals surface area contributed by atoms with Crippen LogP contribution in [-0.4, -0.2) is 9.55 Å². The van der Waals surface area contributed by atoms with Gasteiger partial charge in [-0.1, -0.05) is 6.42 Å². The number of nitrogens with zero attached hydrogens (tertiary/aromatic N) is 2. The predicted molar refractivity (Wildman–Crippen MR) is 57.0 cm³/mol. The summed E-state index contributed by atoms with van der Waals surface area (Å²) in [5, 5.41) is 0. The van der Waals surface area contributed by atoms with E-state index in [-0.39, 0.29) is 0 Å². The van der Waals surface area contributed by atoms with Gasteiger partial charge in [0.05, 0.1) is 6.33 Å². The summed E-state index contributed by atoms with van der Waals surface area (Å²) in [4.78, 5) is 4.28. The first-order chi connectivity index (χ1) is 5.77. The van der Waals surface area contributed by atoms with E-state index in [0.29, 0.717) is 0 Å². The summed E-state index contributed by atoms with van der Waals surface area (Å²) in [7, 11) is 0. The minimum absolute atomic E-state index is 0.925. The average Bonchev–Trinajstić information content (AvgIpc) is 2.27. The maximum absolute atomic E-state index is 4.28. The molecule has 0 spiro atoms. The minimum atomic E-state index is 0.925. The van der Waals surface area contributed by atoms with E-state index in [9.17, 15) is 0 Å². The van der Waals surface area contributed by atoms with Crippen molar-refractivity contribution in [1.82, 2.24) is 9.55 Å². The highest BCUT2D eigenvalue weighted by atomic mass is 127. The zero-order valence-corrected chi connectivity index (χ0v) is 9.41. The number of aromatic nitrogens is 2. The largest absolute Gasteiger partial charge is 0.334 e. The van der Waals surface area contributed by atoms with Crippen molar-refractivity contribution in [2.24, 2.45) is 5.92 Å². The quantitative estimate of drug-likeness (QED) is 0.759. The van der Waals surface area contributed by atoms with Gasteiger partial charge in [-0.25, -0.2) is 4.98 Å². The second-order valence-corrected chi connectivity index (χ2v) is 4.59. The van der Waals surface area contributed by atoms with Crippen LogP contribution in [0.1, 0.15) is 25.0 Å². The Labute approximate surface area is 86.5 Å². The molecule has 12 heavy (non-hydrogen) atoms. The van der Waals surface area contributed by atoms with Crippen LogP contribution in [0.15, 0.2) is 6.33 Å². The van der Waals surface area contributed by atoms with Crippen molar-refractivity contribution in [2.45, 2.75) is 32.7 Å². The van der Waals surface area contributed by atoms with Crippen molar-refractivity contribution in [3.63, 3.8) is 0 Å². The zero-order chi connectivity index (χ0) is 8.55. The van der Waals surface area contributed by atoms with Gasteiger partial charge in [-0.2, -0.15) is 0 Å². The fourth-order valence-corrected chi connectivity index (χ4v) is 1.99. The standard InChI is InChI=1S/C9H13IN2/c1-7-9(10)11-6-12(7)5-8-3-2-4-8/h6,8H,2-5H2,1H3. The van der Waals surface area contributed by atoms with Gasteiger partial charge in [0.15, 0.2) is 0 Å². The summed E-state index contributed by atoms with van der Waals surface area (Å²) >= 11 is 2.29. The van der Waals surface area contributed by atoms with Gasteiger partial charge < -0.3 is 4.57 Å². The van der Waals surface area contributed by atoms with E-state index in [0.717, 1.165) is 9.62 Å². The lowest BCUT2D eigenvalue weighted by molar-refractivity contribution is 0.275. The van der Waals surface area contributed by atoms with Gasteiger partial charge in [0.1, 0.15) is 3.70 Å². The molecule has 0 bridgehead atoms. The van der Waals surface area contributed by atoms with Crippen molar-refractivity contribution >= 4 is 22.6 Å². The van der Waals surface area contributed by atoms with E-state index in [2.05, 4.69) is 39.1 Å². The Morgan fingerprint density at radius 3 is 2.83 bits per heavy atom. The van der Waals surface area contributed by atoms with Crippen LogP contribution in [0.3, 0.4) is 0 Å². The average molecular weight is 276 g/mol. The Kier molecular flexibility index (Phi) is 2.39. The molecule has 66 valence electrons. The SMILES string of the molecule is Cc1c(I)ncn1CC1CCC1. The maximum Gasteiger partial charge on any atom is 0.122 e. The topological polar surface area (TPSA) is 17.8 Å². The van der Waals surface area contributed by atoms with Gasteiger partial charge >= 0.3 is 0 Å². The number of halogens is 1. The predicted octanol–water partition coefficient (Wildman–Crippen LogP) is 2.60. The smallest absolute Gasteiger partial charge is 0.122 e. The fourth-order valence-electron chi connectivity index (χ4n) is 1.56. The molecular formula is C9H13IN2. The van der Waals surface area contributed by atoms with Crippen LogP contribution in [0.25, 0.3) is 0 Å². The van der Waals surface area contributed by atoms with Gasteiger partial charge in [0, 0.05) is 12.2 Å². The normalized spacial score (nSPS) is 17.8. The number of imidazole rings is 1. The van der Waals surface area contributed by atoms with Crippen molar-refractivity contribution in [2.75, 3.05) is 0 Å². The molecule has 1 fully saturated rings. The van der Waals surface area contributed by atoms with Gasteiger partial charge in [-0.3, -0.25) is 0 Å².